The molecule has 1 heterocycles. The van der Waals surface area contributed by atoms with Crippen LogP contribution in [0.4, 0.5) is 0 Å². The Morgan fingerprint density at radius 3 is 1.93 bits per heavy atom. The maximum Gasteiger partial charge on any atom is 0.132 e. The number of nitrogens with zero attached hydrogens (tertiary/aromatic N) is 1. The molecule has 0 saturated heterocycles. The van der Waals surface area contributed by atoms with E-state index in [0.29, 0.717) is 6.54 Å². The second-order valence-electron chi connectivity index (χ2n) is 6.67. The second kappa shape index (κ2) is 9.58. The first-order chi connectivity index (χ1) is 14.3. The van der Waals surface area contributed by atoms with Crippen LogP contribution in [0.15, 0.2) is 109 Å². The fourth-order valence-electron chi connectivity index (χ4n) is 3.32. The fourth-order valence-corrected chi connectivity index (χ4v) is 5.80. The average molecular weight is 398 g/mol. The molecule has 4 rings (SSSR count). The Kier molecular flexibility index (Phi) is 6.43. The summed E-state index contributed by atoms with van der Waals surface area (Å²) >= 11 is 0. The van der Waals surface area contributed by atoms with Crippen LogP contribution in [0.5, 0.6) is 0 Å². The molecule has 0 amide bonds. The van der Waals surface area contributed by atoms with Crippen LogP contribution in [0.25, 0.3) is 0 Å². The van der Waals surface area contributed by atoms with Crippen LogP contribution in [-0.2, 0) is 6.54 Å². The molecule has 0 spiro atoms. The van der Waals surface area contributed by atoms with Gasteiger partial charge in [0.15, 0.2) is 0 Å². The molecule has 4 aromatic rings. The van der Waals surface area contributed by atoms with E-state index >= 15 is 0 Å². The number of rotatable bonds is 7. The molecule has 29 heavy (non-hydrogen) atoms. The lowest BCUT2D eigenvalue weighted by molar-refractivity contribution is 0.137. The number of pyridine rings is 1. The highest BCUT2D eigenvalue weighted by Gasteiger charge is 2.22. The average Bonchev–Trinajstić information content (AvgIpc) is 2.80. The molecule has 1 aromatic heterocycles. The van der Waals surface area contributed by atoms with Crippen molar-refractivity contribution in [1.29, 1.82) is 0 Å². The largest absolute Gasteiger partial charge is 0.374 e. The van der Waals surface area contributed by atoms with E-state index in [0.717, 1.165) is 16.6 Å². The highest BCUT2D eigenvalue weighted by atomic mass is 31.1. The highest BCUT2D eigenvalue weighted by Crippen LogP contribution is 2.35. The van der Waals surface area contributed by atoms with Crippen LogP contribution in [0, 0.1) is 0 Å². The molecule has 144 valence electrons. The molecule has 0 radical (unpaired) electrons. The summed E-state index contributed by atoms with van der Waals surface area (Å²) in [4.78, 5) is 4.33. The summed E-state index contributed by atoms with van der Waals surface area (Å²) in [5, 5.41) is 17.9. The standard InChI is InChI=1S/C25H23N2OP/c28-25(27-19-20-11-9-10-18-26-20)23-16-7-8-17-24(23)29(21-12-3-1-4-13-21)22-14-5-2-6-15-22/h1-18,25,27-28H,19H2. The molecule has 1 atom stereocenters. The van der Waals surface area contributed by atoms with Crippen molar-refractivity contribution in [2.45, 2.75) is 12.8 Å². The lowest BCUT2D eigenvalue weighted by Gasteiger charge is -2.24. The van der Waals surface area contributed by atoms with E-state index in [9.17, 15) is 5.11 Å². The van der Waals surface area contributed by atoms with Gasteiger partial charge in [-0.3, -0.25) is 10.3 Å². The zero-order valence-corrected chi connectivity index (χ0v) is 16.9. The van der Waals surface area contributed by atoms with Crippen molar-refractivity contribution in [2.75, 3.05) is 0 Å². The van der Waals surface area contributed by atoms with Crippen LogP contribution in [0.2, 0.25) is 0 Å². The Hall–Kier alpha value is -2.84. The summed E-state index contributed by atoms with van der Waals surface area (Å²) in [7, 11) is -0.780. The molecule has 0 aliphatic carbocycles. The van der Waals surface area contributed by atoms with Crippen molar-refractivity contribution in [3.05, 3.63) is 121 Å². The summed E-state index contributed by atoms with van der Waals surface area (Å²) < 4.78 is 0. The lowest BCUT2D eigenvalue weighted by atomic mass is 10.2. The van der Waals surface area contributed by atoms with Gasteiger partial charge >= 0.3 is 0 Å². The summed E-state index contributed by atoms with van der Waals surface area (Å²) in [6.07, 6.45) is 0.993. The van der Waals surface area contributed by atoms with Crippen molar-refractivity contribution in [3.8, 4) is 0 Å². The number of hydrogen-bond acceptors (Lipinski definition) is 3. The molecule has 4 heteroatoms. The molecular formula is C25H23N2OP. The number of benzene rings is 3. The van der Waals surface area contributed by atoms with Gasteiger partial charge < -0.3 is 5.11 Å². The smallest absolute Gasteiger partial charge is 0.132 e. The number of aromatic nitrogens is 1. The Morgan fingerprint density at radius 2 is 1.31 bits per heavy atom. The summed E-state index contributed by atoms with van der Waals surface area (Å²) in [6.45, 7) is 0.505. The van der Waals surface area contributed by atoms with E-state index in [4.69, 9.17) is 0 Å². The minimum atomic E-state index is -0.780. The zero-order chi connectivity index (χ0) is 19.9. The van der Waals surface area contributed by atoms with Crippen molar-refractivity contribution >= 4 is 23.8 Å². The van der Waals surface area contributed by atoms with Gasteiger partial charge in [0.2, 0.25) is 0 Å². The molecule has 0 aliphatic rings. The first-order valence-corrected chi connectivity index (χ1v) is 11.0. The second-order valence-corrected chi connectivity index (χ2v) is 8.86. The Bertz CT molecular complexity index is 987. The van der Waals surface area contributed by atoms with Gasteiger partial charge in [-0.2, -0.15) is 0 Å². The van der Waals surface area contributed by atoms with E-state index in [1.165, 1.54) is 10.6 Å². The predicted octanol–water partition coefficient (Wildman–Crippen LogP) is 3.62. The Morgan fingerprint density at radius 1 is 0.724 bits per heavy atom. The maximum atomic E-state index is 11.0. The van der Waals surface area contributed by atoms with Crippen LogP contribution in [0.3, 0.4) is 0 Å². The maximum absolute atomic E-state index is 11.0. The number of hydrogen-bond donors (Lipinski definition) is 2. The van der Waals surface area contributed by atoms with E-state index in [1.54, 1.807) is 6.20 Å². The van der Waals surface area contributed by atoms with Crippen molar-refractivity contribution < 1.29 is 5.11 Å². The van der Waals surface area contributed by atoms with Gasteiger partial charge in [-0.05, 0) is 36.0 Å². The summed E-state index contributed by atoms with van der Waals surface area (Å²) in [6, 6.07) is 35.0. The quantitative estimate of drug-likeness (QED) is 0.369. The minimum Gasteiger partial charge on any atom is -0.374 e. The topological polar surface area (TPSA) is 45.1 Å². The van der Waals surface area contributed by atoms with E-state index < -0.39 is 14.1 Å². The van der Waals surface area contributed by atoms with Crippen molar-refractivity contribution in [1.82, 2.24) is 10.3 Å². The molecule has 3 nitrogen and oxygen atoms in total. The summed E-state index contributed by atoms with van der Waals surface area (Å²) in [5.74, 6) is 0. The Labute approximate surface area is 172 Å². The third-order valence-electron chi connectivity index (χ3n) is 4.70. The van der Waals surface area contributed by atoms with Crippen LogP contribution in [-0.4, -0.2) is 10.1 Å². The molecule has 0 bridgehead atoms. The molecule has 0 saturated carbocycles. The molecule has 1 unspecified atom stereocenters. The number of aliphatic hydroxyl groups is 1. The molecule has 0 aliphatic heterocycles. The van der Waals surface area contributed by atoms with Crippen molar-refractivity contribution in [2.24, 2.45) is 0 Å². The van der Waals surface area contributed by atoms with Gasteiger partial charge in [0.25, 0.3) is 0 Å². The van der Waals surface area contributed by atoms with Gasteiger partial charge in [0.1, 0.15) is 6.23 Å². The first kappa shape index (κ1) is 19.5. The lowest BCUT2D eigenvalue weighted by Crippen LogP contribution is -2.29. The van der Waals surface area contributed by atoms with Gasteiger partial charge in [0, 0.05) is 18.3 Å². The van der Waals surface area contributed by atoms with Crippen LogP contribution in [0.1, 0.15) is 17.5 Å². The normalized spacial score (nSPS) is 12.1. The number of nitrogens with one attached hydrogen (secondary N) is 1. The van der Waals surface area contributed by atoms with Gasteiger partial charge in [0.05, 0.1) is 5.69 Å². The van der Waals surface area contributed by atoms with Gasteiger partial charge in [-0.15, -0.1) is 0 Å². The molecule has 0 fully saturated rings. The molecule has 3 aromatic carbocycles. The van der Waals surface area contributed by atoms with E-state index in [-0.39, 0.29) is 0 Å². The monoisotopic (exact) mass is 398 g/mol. The first-order valence-electron chi connectivity index (χ1n) is 9.63. The predicted molar refractivity (Wildman–Crippen MR) is 121 cm³/mol. The molecule has 2 N–H and O–H groups in total. The summed E-state index contributed by atoms with van der Waals surface area (Å²) in [5.41, 5.74) is 1.81. The number of aliphatic hydroxyl groups excluding tert-OH is 1. The minimum absolute atomic E-state index is 0.505. The fraction of sp³-hybridized carbons (Fsp3) is 0.0800. The third-order valence-corrected chi connectivity index (χ3v) is 7.22. The van der Waals surface area contributed by atoms with Crippen LogP contribution < -0.4 is 21.2 Å². The van der Waals surface area contributed by atoms with E-state index in [1.807, 2.05) is 48.5 Å². The van der Waals surface area contributed by atoms with Crippen LogP contribution >= 0.6 is 7.92 Å². The highest BCUT2D eigenvalue weighted by molar-refractivity contribution is 7.79. The van der Waals surface area contributed by atoms with Crippen molar-refractivity contribution in [3.63, 3.8) is 0 Å². The zero-order valence-electron chi connectivity index (χ0n) is 16.0. The third kappa shape index (κ3) is 4.78. The SMILES string of the molecule is OC(NCc1ccccn1)c1ccccc1P(c1ccccc1)c1ccccc1. The van der Waals surface area contributed by atoms with Gasteiger partial charge in [-0.25, -0.2) is 0 Å². The Balaban J connectivity index is 1.69. The van der Waals surface area contributed by atoms with E-state index in [2.05, 4.69) is 64.9 Å². The molecular weight excluding hydrogens is 375 g/mol. The van der Waals surface area contributed by atoms with Gasteiger partial charge in [-0.1, -0.05) is 91.0 Å².